The molecule has 4 heterocycles. The van der Waals surface area contributed by atoms with Gasteiger partial charge in [0, 0.05) is 43.1 Å². The highest BCUT2D eigenvalue weighted by molar-refractivity contribution is 6.30. The van der Waals surface area contributed by atoms with Crippen molar-refractivity contribution in [3.63, 3.8) is 0 Å². The Hall–Kier alpha value is -5.16. The quantitative estimate of drug-likeness (QED) is 0.293. The summed E-state index contributed by atoms with van der Waals surface area (Å²) >= 11 is 5.96. The van der Waals surface area contributed by atoms with E-state index in [4.69, 9.17) is 16.3 Å². The molecule has 0 aliphatic carbocycles. The van der Waals surface area contributed by atoms with Crippen molar-refractivity contribution < 1.29 is 18.3 Å². The van der Waals surface area contributed by atoms with Crippen LogP contribution in [0.4, 0.5) is 14.5 Å². The smallest absolute Gasteiger partial charge is 0.261 e. The molecule has 0 spiro atoms. The number of benzene rings is 2. The van der Waals surface area contributed by atoms with Crippen LogP contribution in [0.2, 0.25) is 5.02 Å². The van der Waals surface area contributed by atoms with Gasteiger partial charge in [0.2, 0.25) is 11.3 Å². The van der Waals surface area contributed by atoms with Gasteiger partial charge in [-0.3, -0.25) is 9.59 Å². The predicted octanol–water partition coefficient (Wildman–Crippen LogP) is 5.64. The summed E-state index contributed by atoms with van der Waals surface area (Å²) in [5.74, 6) is -2.11. The van der Waals surface area contributed by atoms with E-state index in [1.54, 1.807) is 22.9 Å². The lowest BCUT2D eigenvalue weighted by Crippen LogP contribution is -2.24. The number of hydrogen-bond donors (Lipinski definition) is 1. The Morgan fingerprint density at radius 3 is 2.62 bits per heavy atom. The van der Waals surface area contributed by atoms with E-state index in [1.165, 1.54) is 59.7 Å². The molecule has 0 bridgehead atoms. The van der Waals surface area contributed by atoms with Crippen LogP contribution in [-0.2, 0) is 7.05 Å². The van der Waals surface area contributed by atoms with Crippen LogP contribution in [0.5, 0.6) is 11.6 Å². The molecule has 0 saturated heterocycles. The van der Waals surface area contributed by atoms with E-state index in [0.717, 1.165) is 6.07 Å². The number of carbonyl (C=O) groups excluding carboxylic acids is 1. The highest BCUT2D eigenvalue weighted by Gasteiger charge is 2.19. The van der Waals surface area contributed by atoms with Gasteiger partial charge in [0.05, 0.1) is 15.8 Å². The Bertz CT molecular complexity index is 2020. The fraction of sp³-hybridized carbons (Fsp3) is 0.0357. The second kappa shape index (κ2) is 9.86. The molecule has 0 fully saturated rings. The van der Waals surface area contributed by atoms with Gasteiger partial charge in [-0.15, -0.1) is 0 Å². The number of anilines is 1. The molecule has 0 saturated carbocycles. The standard InChI is InChI=1S/C28H17ClF2N6O3/c1-36-10-8-18-25(36)33-14-34-28(18)40-23-7-4-15(11-22(23)31)35-27(39)19-13-37(16-5-6-21(30)20(29)12-16)26-17(24(19)38)3-2-9-32-26/h2-14H,1H3,(H,35,39). The van der Waals surface area contributed by atoms with Crippen molar-refractivity contribution in [1.82, 2.24) is 24.1 Å². The second-order valence-electron chi connectivity index (χ2n) is 8.76. The number of fused-ring (bicyclic) bond motifs is 2. The Labute approximate surface area is 229 Å². The second-order valence-corrected chi connectivity index (χ2v) is 9.17. The minimum Gasteiger partial charge on any atom is -0.435 e. The maximum Gasteiger partial charge on any atom is 0.261 e. The molecule has 1 N–H and O–H groups in total. The number of hydrogen-bond acceptors (Lipinski definition) is 6. The Kier molecular flexibility index (Phi) is 6.20. The average molecular weight is 559 g/mol. The van der Waals surface area contributed by atoms with Gasteiger partial charge in [-0.1, -0.05) is 11.6 Å². The van der Waals surface area contributed by atoms with Gasteiger partial charge in [0.25, 0.3) is 5.91 Å². The first kappa shape index (κ1) is 25.1. The molecular weight excluding hydrogens is 542 g/mol. The molecule has 9 nitrogen and oxygen atoms in total. The largest absolute Gasteiger partial charge is 0.435 e. The summed E-state index contributed by atoms with van der Waals surface area (Å²) in [4.78, 5) is 38.9. The van der Waals surface area contributed by atoms with Gasteiger partial charge < -0.3 is 19.2 Å². The number of amides is 1. The number of ether oxygens (including phenoxy) is 1. The SMILES string of the molecule is Cn1ccc2c(Oc3ccc(NC(=O)c4cn(-c5ccc(F)c(Cl)c5)c5ncccc5c4=O)cc3F)ncnc21. The third kappa shape index (κ3) is 4.41. The van der Waals surface area contributed by atoms with Crippen molar-refractivity contribution in [3.8, 4) is 17.3 Å². The van der Waals surface area contributed by atoms with E-state index in [1.807, 2.05) is 7.05 Å². The normalized spacial score (nSPS) is 11.2. The van der Waals surface area contributed by atoms with Crippen molar-refractivity contribution in [2.75, 3.05) is 5.32 Å². The molecule has 6 rings (SSSR count). The number of rotatable bonds is 5. The van der Waals surface area contributed by atoms with Gasteiger partial charge in [0.15, 0.2) is 11.6 Å². The van der Waals surface area contributed by atoms with E-state index in [2.05, 4.69) is 20.3 Å². The zero-order valence-electron chi connectivity index (χ0n) is 20.6. The summed E-state index contributed by atoms with van der Waals surface area (Å²) in [6.45, 7) is 0. The van der Waals surface area contributed by atoms with Gasteiger partial charge in [0.1, 0.15) is 29.0 Å². The first-order valence-corrected chi connectivity index (χ1v) is 12.2. The van der Waals surface area contributed by atoms with Crippen molar-refractivity contribution >= 4 is 45.3 Å². The molecule has 2 aromatic carbocycles. The third-order valence-corrected chi connectivity index (χ3v) is 6.50. The Morgan fingerprint density at radius 2 is 1.82 bits per heavy atom. The van der Waals surface area contributed by atoms with Crippen LogP contribution in [0.3, 0.4) is 0 Å². The van der Waals surface area contributed by atoms with E-state index in [0.29, 0.717) is 16.7 Å². The van der Waals surface area contributed by atoms with Gasteiger partial charge in [-0.2, -0.15) is 0 Å². The maximum atomic E-state index is 15.0. The number of nitrogens with zero attached hydrogens (tertiary/aromatic N) is 5. The summed E-state index contributed by atoms with van der Waals surface area (Å²) in [6.07, 6.45) is 5.86. The number of pyridine rings is 2. The lowest BCUT2D eigenvalue weighted by molar-refractivity contribution is 0.102. The zero-order valence-corrected chi connectivity index (χ0v) is 21.4. The van der Waals surface area contributed by atoms with Crippen LogP contribution in [0.15, 0.2) is 84.3 Å². The van der Waals surface area contributed by atoms with Crippen LogP contribution < -0.4 is 15.5 Å². The minimum absolute atomic E-state index is 0.0875. The maximum absolute atomic E-state index is 15.0. The monoisotopic (exact) mass is 558 g/mol. The molecule has 1 amide bonds. The molecule has 0 aliphatic heterocycles. The first-order chi connectivity index (χ1) is 19.3. The fourth-order valence-electron chi connectivity index (χ4n) is 4.25. The van der Waals surface area contributed by atoms with Gasteiger partial charge in [-0.05, 0) is 48.5 Å². The number of halogens is 3. The molecule has 40 heavy (non-hydrogen) atoms. The topological polar surface area (TPSA) is 104 Å². The molecule has 4 aromatic heterocycles. The van der Waals surface area contributed by atoms with Gasteiger partial charge >= 0.3 is 0 Å². The molecule has 12 heteroatoms. The number of carbonyl (C=O) groups is 1. The van der Waals surface area contributed by atoms with Crippen LogP contribution in [0.25, 0.3) is 27.8 Å². The molecule has 0 atom stereocenters. The van der Waals surface area contributed by atoms with E-state index < -0.39 is 23.0 Å². The van der Waals surface area contributed by atoms with Crippen LogP contribution in [0, 0.1) is 11.6 Å². The van der Waals surface area contributed by atoms with Crippen LogP contribution in [-0.4, -0.2) is 30.0 Å². The predicted molar refractivity (Wildman–Crippen MR) is 145 cm³/mol. The average Bonchev–Trinajstić information content (AvgIpc) is 3.33. The van der Waals surface area contributed by atoms with E-state index in [-0.39, 0.29) is 38.9 Å². The third-order valence-electron chi connectivity index (χ3n) is 6.21. The Morgan fingerprint density at radius 1 is 0.975 bits per heavy atom. The summed E-state index contributed by atoms with van der Waals surface area (Å²) < 4.78 is 37.7. The van der Waals surface area contributed by atoms with Crippen molar-refractivity contribution in [2.45, 2.75) is 0 Å². The summed E-state index contributed by atoms with van der Waals surface area (Å²) in [6, 6.07) is 12.6. The lowest BCUT2D eigenvalue weighted by atomic mass is 10.1. The lowest BCUT2D eigenvalue weighted by Gasteiger charge is -2.14. The van der Waals surface area contributed by atoms with Gasteiger partial charge in [-0.25, -0.2) is 23.7 Å². The summed E-state index contributed by atoms with van der Waals surface area (Å²) in [5.41, 5.74) is 0.513. The van der Waals surface area contributed by atoms with Crippen molar-refractivity contribution in [1.29, 1.82) is 0 Å². The fourth-order valence-corrected chi connectivity index (χ4v) is 4.43. The molecule has 0 aliphatic rings. The number of aromatic nitrogens is 5. The van der Waals surface area contributed by atoms with Crippen molar-refractivity contribution in [2.24, 2.45) is 7.05 Å². The van der Waals surface area contributed by atoms with E-state index >= 15 is 0 Å². The molecule has 0 radical (unpaired) electrons. The van der Waals surface area contributed by atoms with Crippen LogP contribution >= 0.6 is 11.6 Å². The molecule has 6 aromatic rings. The number of nitrogens with one attached hydrogen (secondary N) is 1. The van der Waals surface area contributed by atoms with Crippen LogP contribution in [0.1, 0.15) is 10.4 Å². The van der Waals surface area contributed by atoms with Crippen molar-refractivity contribution in [3.05, 3.63) is 112 Å². The summed E-state index contributed by atoms with van der Waals surface area (Å²) in [7, 11) is 1.81. The van der Waals surface area contributed by atoms with E-state index in [9.17, 15) is 18.4 Å². The summed E-state index contributed by atoms with van der Waals surface area (Å²) in [5, 5.41) is 3.16. The minimum atomic E-state index is -0.785. The highest BCUT2D eigenvalue weighted by Crippen LogP contribution is 2.30. The molecule has 198 valence electrons. The highest BCUT2D eigenvalue weighted by atomic mass is 35.5. The first-order valence-electron chi connectivity index (χ1n) is 11.8. The molecular formula is C28H17ClF2N6O3. The Balaban J connectivity index is 1.32. The zero-order chi connectivity index (χ0) is 28.0. The number of aryl methyl sites for hydroxylation is 1. The molecule has 0 unspecified atom stereocenters.